The fraction of sp³-hybridized carbons (Fsp3) is 0.182. The lowest BCUT2D eigenvalue weighted by Crippen LogP contribution is -2.22. The van der Waals surface area contributed by atoms with Gasteiger partial charge in [-0.15, -0.1) is 0 Å². The Morgan fingerprint density at radius 3 is 2.31 bits per heavy atom. The highest BCUT2D eigenvalue weighted by molar-refractivity contribution is 9.10. The SMILES string of the molecule is COc1cc(C(=O)NCc2ccc(OCc3ccccn3)cc2)cc(OC)c1Br. The zero-order valence-corrected chi connectivity index (χ0v) is 17.7. The first-order valence-corrected chi connectivity index (χ1v) is 9.71. The van der Waals surface area contributed by atoms with Crippen molar-refractivity contribution in [2.75, 3.05) is 14.2 Å². The van der Waals surface area contributed by atoms with Crippen LogP contribution in [0.2, 0.25) is 0 Å². The molecule has 0 aliphatic rings. The summed E-state index contributed by atoms with van der Waals surface area (Å²) in [5, 5.41) is 2.90. The average Bonchev–Trinajstić information content (AvgIpc) is 2.77. The van der Waals surface area contributed by atoms with Gasteiger partial charge in [0, 0.05) is 18.3 Å². The van der Waals surface area contributed by atoms with Crippen LogP contribution in [0.1, 0.15) is 21.6 Å². The molecular weight excluding hydrogens is 436 g/mol. The molecule has 150 valence electrons. The van der Waals surface area contributed by atoms with E-state index in [0.717, 1.165) is 17.0 Å². The van der Waals surface area contributed by atoms with Crippen molar-refractivity contribution in [3.05, 3.63) is 82.1 Å². The summed E-state index contributed by atoms with van der Waals surface area (Å²) in [4.78, 5) is 16.7. The van der Waals surface area contributed by atoms with Gasteiger partial charge >= 0.3 is 0 Å². The molecule has 1 aromatic heterocycles. The number of carbonyl (C=O) groups excluding carboxylic acids is 1. The van der Waals surface area contributed by atoms with E-state index in [-0.39, 0.29) is 5.91 Å². The summed E-state index contributed by atoms with van der Waals surface area (Å²) >= 11 is 3.40. The van der Waals surface area contributed by atoms with E-state index >= 15 is 0 Å². The van der Waals surface area contributed by atoms with Crippen LogP contribution in [0, 0.1) is 0 Å². The zero-order chi connectivity index (χ0) is 20.6. The van der Waals surface area contributed by atoms with Gasteiger partial charge in [-0.05, 0) is 57.9 Å². The maximum atomic E-state index is 12.5. The molecule has 29 heavy (non-hydrogen) atoms. The topological polar surface area (TPSA) is 69.7 Å². The fourth-order valence-electron chi connectivity index (χ4n) is 2.63. The van der Waals surface area contributed by atoms with Gasteiger partial charge in [0.25, 0.3) is 5.91 Å². The molecule has 0 atom stereocenters. The van der Waals surface area contributed by atoms with E-state index in [0.29, 0.717) is 34.7 Å². The van der Waals surface area contributed by atoms with Crippen LogP contribution in [0.25, 0.3) is 0 Å². The summed E-state index contributed by atoms with van der Waals surface area (Å²) in [5.74, 6) is 1.59. The number of methoxy groups -OCH3 is 2. The van der Waals surface area contributed by atoms with E-state index in [1.807, 2.05) is 42.5 Å². The zero-order valence-electron chi connectivity index (χ0n) is 16.1. The summed E-state index contributed by atoms with van der Waals surface area (Å²) in [7, 11) is 3.08. The number of ether oxygens (including phenoxy) is 3. The fourth-order valence-corrected chi connectivity index (χ4v) is 3.18. The van der Waals surface area contributed by atoms with E-state index in [1.165, 1.54) is 0 Å². The molecule has 1 N–H and O–H groups in total. The minimum absolute atomic E-state index is 0.218. The lowest BCUT2D eigenvalue weighted by Gasteiger charge is -2.12. The number of rotatable bonds is 8. The number of amides is 1. The first-order valence-electron chi connectivity index (χ1n) is 8.92. The molecule has 2 aromatic carbocycles. The van der Waals surface area contributed by atoms with E-state index in [1.54, 1.807) is 32.5 Å². The Morgan fingerprint density at radius 1 is 1.03 bits per heavy atom. The first-order chi connectivity index (χ1) is 14.1. The van der Waals surface area contributed by atoms with Gasteiger partial charge in [-0.1, -0.05) is 18.2 Å². The van der Waals surface area contributed by atoms with E-state index < -0.39 is 0 Å². The monoisotopic (exact) mass is 456 g/mol. The normalized spacial score (nSPS) is 10.3. The molecule has 3 rings (SSSR count). The highest BCUT2D eigenvalue weighted by Crippen LogP contribution is 2.35. The van der Waals surface area contributed by atoms with Crippen molar-refractivity contribution in [1.29, 1.82) is 0 Å². The average molecular weight is 457 g/mol. The Morgan fingerprint density at radius 2 is 1.72 bits per heavy atom. The van der Waals surface area contributed by atoms with E-state index in [2.05, 4.69) is 26.2 Å². The maximum Gasteiger partial charge on any atom is 0.251 e. The molecule has 0 unspecified atom stereocenters. The van der Waals surface area contributed by atoms with E-state index in [4.69, 9.17) is 14.2 Å². The molecular formula is C22H21BrN2O4. The number of hydrogen-bond acceptors (Lipinski definition) is 5. The van der Waals surface area contributed by atoms with Gasteiger partial charge in [0.05, 0.1) is 19.9 Å². The lowest BCUT2D eigenvalue weighted by molar-refractivity contribution is 0.0950. The van der Waals surface area contributed by atoms with Crippen molar-refractivity contribution in [3.63, 3.8) is 0 Å². The first kappa shape index (κ1) is 20.7. The van der Waals surface area contributed by atoms with E-state index in [9.17, 15) is 4.79 Å². The molecule has 7 heteroatoms. The molecule has 0 fully saturated rings. The molecule has 1 heterocycles. The second-order valence-electron chi connectivity index (χ2n) is 6.13. The van der Waals surface area contributed by atoms with Crippen molar-refractivity contribution < 1.29 is 19.0 Å². The second-order valence-corrected chi connectivity index (χ2v) is 6.92. The van der Waals surface area contributed by atoms with Crippen LogP contribution in [0.4, 0.5) is 0 Å². The van der Waals surface area contributed by atoms with Crippen molar-refractivity contribution in [2.24, 2.45) is 0 Å². The third kappa shape index (κ3) is 5.48. The Balaban J connectivity index is 1.58. The minimum Gasteiger partial charge on any atom is -0.495 e. The number of benzene rings is 2. The minimum atomic E-state index is -0.218. The van der Waals surface area contributed by atoms with Gasteiger partial charge in [-0.2, -0.15) is 0 Å². The Labute approximate surface area is 178 Å². The molecule has 0 bridgehead atoms. The molecule has 0 saturated heterocycles. The van der Waals surface area contributed by atoms with Gasteiger partial charge in [0.1, 0.15) is 28.3 Å². The number of hydrogen-bond donors (Lipinski definition) is 1. The number of carbonyl (C=O) groups is 1. The molecule has 1 amide bonds. The third-order valence-corrected chi connectivity index (χ3v) is 4.98. The maximum absolute atomic E-state index is 12.5. The van der Waals surface area contributed by atoms with Gasteiger partial charge in [-0.3, -0.25) is 9.78 Å². The van der Waals surface area contributed by atoms with Crippen molar-refractivity contribution in [2.45, 2.75) is 13.2 Å². The van der Waals surface area contributed by atoms with Crippen molar-refractivity contribution >= 4 is 21.8 Å². The summed E-state index contributed by atoms with van der Waals surface area (Å²) < 4.78 is 17.0. The van der Waals surface area contributed by atoms with Crippen LogP contribution in [0.5, 0.6) is 17.2 Å². The van der Waals surface area contributed by atoms with Gasteiger partial charge < -0.3 is 19.5 Å². The van der Waals surface area contributed by atoms with Crippen LogP contribution in [0.3, 0.4) is 0 Å². The second kappa shape index (κ2) is 9.93. The molecule has 0 aliphatic heterocycles. The lowest BCUT2D eigenvalue weighted by atomic mass is 10.1. The molecule has 0 radical (unpaired) electrons. The predicted molar refractivity (Wildman–Crippen MR) is 113 cm³/mol. The van der Waals surface area contributed by atoms with Crippen molar-refractivity contribution in [1.82, 2.24) is 10.3 Å². The molecule has 6 nitrogen and oxygen atoms in total. The van der Waals surface area contributed by atoms with Gasteiger partial charge in [0.15, 0.2) is 0 Å². The van der Waals surface area contributed by atoms with Crippen LogP contribution >= 0.6 is 15.9 Å². The molecule has 0 saturated carbocycles. The Kier molecular flexibility index (Phi) is 7.08. The largest absolute Gasteiger partial charge is 0.495 e. The van der Waals surface area contributed by atoms with Crippen molar-refractivity contribution in [3.8, 4) is 17.2 Å². The van der Waals surface area contributed by atoms with Gasteiger partial charge in [0.2, 0.25) is 0 Å². The Bertz CT molecular complexity index is 937. The number of nitrogens with zero attached hydrogens (tertiary/aromatic N) is 1. The summed E-state index contributed by atoms with van der Waals surface area (Å²) in [6.45, 7) is 0.796. The van der Waals surface area contributed by atoms with Crippen LogP contribution in [-0.2, 0) is 13.2 Å². The summed E-state index contributed by atoms with van der Waals surface area (Å²) in [6.07, 6.45) is 1.74. The standard InChI is InChI=1S/C22H21BrN2O4/c1-27-19-11-16(12-20(28-2)21(19)23)22(26)25-13-15-6-8-18(9-7-15)29-14-17-5-3-4-10-24-17/h3-12H,13-14H2,1-2H3,(H,25,26). The number of pyridine rings is 1. The van der Waals surface area contributed by atoms with Crippen LogP contribution < -0.4 is 19.5 Å². The number of nitrogens with one attached hydrogen (secondary N) is 1. The molecule has 0 aliphatic carbocycles. The third-order valence-electron chi connectivity index (χ3n) is 4.20. The molecule has 3 aromatic rings. The van der Waals surface area contributed by atoms with Crippen LogP contribution in [-0.4, -0.2) is 25.1 Å². The highest BCUT2D eigenvalue weighted by atomic mass is 79.9. The number of halogens is 1. The summed E-state index contributed by atoms with van der Waals surface area (Å²) in [5.41, 5.74) is 2.28. The van der Waals surface area contributed by atoms with Crippen LogP contribution in [0.15, 0.2) is 65.3 Å². The predicted octanol–water partition coefficient (Wildman–Crippen LogP) is 4.37. The molecule has 0 spiro atoms. The quantitative estimate of drug-likeness (QED) is 0.544. The Hall–Kier alpha value is -3.06. The summed E-state index contributed by atoms with van der Waals surface area (Å²) in [6, 6.07) is 16.6. The van der Waals surface area contributed by atoms with Gasteiger partial charge in [-0.25, -0.2) is 0 Å². The number of aromatic nitrogens is 1. The highest BCUT2D eigenvalue weighted by Gasteiger charge is 2.14. The smallest absolute Gasteiger partial charge is 0.251 e.